The van der Waals surface area contributed by atoms with Gasteiger partial charge in [-0.2, -0.15) is 0 Å². The average molecular weight is 366 g/mol. The lowest BCUT2D eigenvalue weighted by Gasteiger charge is -2.15. The van der Waals surface area contributed by atoms with Crippen LogP contribution in [-0.4, -0.2) is 11.9 Å². The van der Waals surface area contributed by atoms with Crippen molar-refractivity contribution in [2.45, 2.75) is 30.9 Å². The molecule has 0 aliphatic carbocycles. The second-order valence-corrected chi connectivity index (χ2v) is 7.12. The summed E-state index contributed by atoms with van der Waals surface area (Å²) in [4.78, 5) is 1.23. The number of halogens is 1. The summed E-state index contributed by atoms with van der Waals surface area (Å²) in [5.41, 5.74) is 7.40. The molecule has 0 radical (unpaired) electrons. The number of benzene rings is 2. The van der Waals surface area contributed by atoms with E-state index >= 15 is 0 Å². The van der Waals surface area contributed by atoms with Gasteiger partial charge in [-0.1, -0.05) is 28.1 Å². The molecule has 0 saturated heterocycles. The largest absolute Gasteiger partial charge is 0.491 e. The molecule has 0 aromatic heterocycles. The van der Waals surface area contributed by atoms with Crippen LogP contribution in [0.25, 0.3) is 0 Å². The molecule has 2 rings (SSSR count). The Labute approximate surface area is 139 Å². The van der Waals surface area contributed by atoms with E-state index in [2.05, 4.69) is 34.1 Å². The van der Waals surface area contributed by atoms with E-state index in [4.69, 9.17) is 10.5 Å². The van der Waals surface area contributed by atoms with Crippen LogP contribution in [0.4, 0.5) is 0 Å². The van der Waals surface area contributed by atoms with Gasteiger partial charge in [-0.3, -0.25) is 0 Å². The lowest BCUT2D eigenvalue weighted by Crippen LogP contribution is -2.13. The van der Waals surface area contributed by atoms with Gasteiger partial charge in [0, 0.05) is 21.2 Å². The first-order chi connectivity index (χ1) is 10.0. The minimum atomic E-state index is -0.00522. The first-order valence-electron chi connectivity index (χ1n) is 6.95. The summed E-state index contributed by atoms with van der Waals surface area (Å²) >= 11 is 5.21. The van der Waals surface area contributed by atoms with E-state index in [0.717, 1.165) is 21.5 Å². The third kappa shape index (κ3) is 5.38. The van der Waals surface area contributed by atoms with Crippen molar-refractivity contribution < 1.29 is 4.74 Å². The average Bonchev–Trinajstić information content (AvgIpc) is 2.46. The van der Waals surface area contributed by atoms with Crippen LogP contribution in [0, 0.1) is 0 Å². The highest BCUT2D eigenvalue weighted by molar-refractivity contribution is 9.10. The van der Waals surface area contributed by atoms with Crippen molar-refractivity contribution in [2.24, 2.45) is 5.73 Å². The quantitative estimate of drug-likeness (QED) is 0.729. The van der Waals surface area contributed by atoms with Crippen LogP contribution in [-0.2, 0) is 0 Å². The topological polar surface area (TPSA) is 35.2 Å². The summed E-state index contributed by atoms with van der Waals surface area (Å²) in [6.07, 6.45) is 0.175. The van der Waals surface area contributed by atoms with Crippen LogP contribution < -0.4 is 10.5 Å². The first-order valence-corrected chi connectivity index (χ1v) is 8.73. The highest BCUT2D eigenvalue weighted by atomic mass is 79.9. The fourth-order valence-electron chi connectivity index (χ4n) is 1.90. The predicted octanol–water partition coefficient (Wildman–Crippen LogP) is 5.03. The number of thioether (sulfide) groups is 1. The summed E-state index contributed by atoms with van der Waals surface area (Å²) in [6, 6.07) is 16.3. The Morgan fingerprint density at radius 2 is 1.86 bits per heavy atom. The van der Waals surface area contributed by atoms with Crippen LogP contribution in [0.1, 0.15) is 25.5 Å². The van der Waals surface area contributed by atoms with E-state index in [-0.39, 0.29) is 12.1 Å². The Morgan fingerprint density at radius 1 is 1.14 bits per heavy atom. The molecule has 4 heteroatoms. The lowest BCUT2D eigenvalue weighted by molar-refractivity contribution is 0.242. The van der Waals surface area contributed by atoms with Gasteiger partial charge in [0.25, 0.3) is 0 Å². The SMILES string of the molecule is CC(C)Oc1cccc(C(N)CSc2ccc(Br)cc2)c1. The molecule has 0 bridgehead atoms. The number of ether oxygens (including phenoxy) is 1. The zero-order valence-corrected chi connectivity index (χ0v) is 14.7. The van der Waals surface area contributed by atoms with Crippen molar-refractivity contribution in [3.8, 4) is 5.75 Å². The maximum absolute atomic E-state index is 6.29. The van der Waals surface area contributed by atoms with Gasteiger partial charge in [0.05, 0.1) is 6.10 Å². The monoisotopic (exact) mass is 365 g/mol. The van der Waals surface area contributed by atoms with E-state index in [0.29, 0.717) is 0 Å². The summed E-state index contributed by atoms with van der Waals surface area (Å²) in [5.74, 6) is 1.72. The molecule has 0 heterocycles. The van der Waals surface area contributed by atoms with Gasteiger partial charge in [0.15, 0.2) is 0 Å². The van der Waals surface area contributed by atoms with Crippen LogP contribution in [0.15, 0.2) is 57.9 Å². The Balaban J connectivity index is 1.96. The van der Waals surface area contributed by atoms with Crippen molar-refractivity contribution in [1.29, 1.82) is 0 Å². The number of rotatable bonds is 6. The zero-order valence-electron chi connectivity index (χ0n) is 12.3. The smallest absolute Gasteiger partial charge is 0.120 e. The van der Waals surface area contributed by atoms with E-state index in [1.807, 2.05) is 44.2 Å². The summed E-state index contributed by atoms with van der Waals surface area (Å²) in [7, 11) is 0. The van der Waals surface area contributed by atoms with Gasteiger partial charge < -0.3 is 10.5 Å². The van der Waals surface area contributed by atoms with Crippen LogP contribution in [0.2, 0.25) is 0 Å². The number of nitrogens with two attached hydrogens (primary N) is 1. The standard InChI is InChI=1S/C17H20BrNOS/c1-12(2)20-15-5-3-4-13(10-15)17(19)11-21-16-8-6-14(18)7-9-16/h3-10,12,17H,11,19H2,1-2H3. The minimum Gasteiger partial charge on any atom is -0.491 e. The van der Waals surface area contributed by atoms with E-state index in [1.165, 1.54) is 4.90 Å². The zero-order chi connectivity index (χ0) is 15.2. The van der Waals surface area contributed by atoms with E-state index in [9.17, 15) is 0 Å². The van der Waals surface area contributed by atoms with Crippen molar-refractivity contribution in [3.05, 3.63) is 58.6 Å². The maximum atomic E-state index is 6.29. The maximum Gasteiger partial charge on any atom is 0.120 e. The molecular weight excluding hydrogens is 346 g/mol. The van der Waals surface area contributed by atoms with Gasteiger partial charge in [-0.05, 0) is 55.8 Å². The van der Waals surface area contributed by atoms with Gasteiger partial charge in [0.1, 0.15) is 5.75 Å². The highest BCUT2D eigenvalue weighted by Gasteiger charge is 2.08. The Hall–Kier alpha value is -0.970. The van der Waals surface area contributed by atoms with Gasteiger partial charge in [-0.15, -0.1) is 11.8 Å². The Morgan fingerprint density at radius 3 is 2.52 bits per heavy atom. The molecule has 112 valence electrons. The Kier molecular flexibility index (Phi) is 6.15. The fraction of sp³-hybridized carbons (Fsp3) is 0.294. The van der Waals surface area contributed by atoms with E-state index in [1.54, 1.807) is 11.8 Å². The Bertz CT molecular complexity index is 571. The third-order valence-electron chi connectivity index (χ3n) is 2.90. The fourth-order valence-corrected chi connectivity index (χ4v) is 3.06. The van der Waals surface area contributed by atoms with Crippen LogP contribution >= 0.6 is 27.7 Å². The summed E-state index contributed by atoms with van der Waals surface area (Å²) in [6.45, 7) is 4.05. The van der Waals surface area contributed by atoms with Crippen molar-refractivity contribution in [3.63, 3.8) is 0 Å². The van der Waals surface area contributed by atoms with Crippen LogP contribution in [0.5, 0.6) is 5.75 Å². The molecule has 1 unspecified atom stereocenters. The molecular formula is C17H20BrNOS. The molecule has 0 fully saturated rings. The van der Waals surface area contributed by atoms with Gasteiger partial charge >= 0.3 is 0 Å². The van der Waals surface area contributed by atoms with Crippen molar-refractivity contribution in [1.82, 2.24) is 0 Å². The molecule has 1 atom stereocenters. The first kappa shape index (κ1) is 16.4. The normalized spacial score (nSPS) is 12.4. The van der Waals surface area contributed by atoms with Crippen molar-refractivity contribution >= 4 is 27.7 Å². The third-order valence-corrected chi connectivity index (χ3v) is 4.56. The molecule has 2 aromatic carbocycles. The lowest BCUT2D eigenvalue weighted by atomic mass is 10.1. The molecule has 0 amide bonds. The predicted molar refractivity (Wildman–Crippen MR) is 94.0 cm³/mol. The molecule has 0 spiro atoms. The molecule has 0 aliphatic heterocycles. The van der Waals surface area contributed by atoms with E-state index < -0.39 is 0 Å². The second kappa shape index (κ2) is 7.87. The number of hydrogen-bond acceptors (Lipinski definition) is 3. The van der Waals surface area contributed by atoms with Crippen LogP contribution in [0.3, 0.4) is 0 Å². The minimum absolute atomic E-state index is 0.00522. The molecule has 0 aliphatic rings. The molecule has 0 saturated carbocycles. The molecule has 2 aromatic rings. The molecule has 21 heavy (non-hydrogen) atoms. The number of hydrogen-bond donors (Lipinski definition) is 1. The van der Waals surface area contributed by atoms with Crippen molar-refractivity contribution in [2.75, 3.05) is 5.75 Å². The molecule has 2 nitrogen and oxygen atoms in total. The summed E-state index contributed by atoms with van der Waals surface area (Å²) < 4.78 is 6.81. The molecule has 2 N–H and O–H groups in total. The highest BCUT2D eigenvalue weighted by Crippen LogP contribution is 2.26. The van der Waals surface area contributed by atoms with Gasteiger partial charge in [-0.25, -0.2) is 0 Å². The second-order valence-electron chi connectivity index (χ2n) is 5.11. The summed E-state index contributed by atoms with van der Waals surface area (Å²) in [5, 5.41) is 0. The van der Waals surface area contributed by atoms with Gasteiger partial charge in [0.2, 0.25) is 0 Å².